The van der Waals surface area contributed by atoms with E-state index in [0.29, 0.717) is 40.3 Å². The van der Waals surface area contributed by atoms with E-state index in [2.05, 4.69) is 20.8 Å². The summed E-state index contributed by atoms with van der Waals surface area (Å²) in [5.41, 5.74) is 1.49. The minimum Gasteiger partial charge on any atom is -0.493 e. The Bertz CT molecular complexity index is 947. The van der Waals surface area contributed by atoms with Gasteiger partial charge in [0.1, 0.15) is 5.82 Å². The molecule has 144 valence electrons. The van der Waals surface area contributed by atoms with E-state index in [1.165, 1.54) is 0 Å². The predicted molar refractivity (Wildman–Crippen MR) is 108 cm³/mol. The summed E-state index contributed by atoms with van der Waals surface area (Å²) in [4.78, 5) is 12.2. The number of nitrogens with zero attached hydrogens (tertiary/aromatic N) is 2. The zero-order valence-corrected chi connectivity index (χ0v) is 16.2. The smallest absolute Gasteiger partial charge is 0.256 e. The summed E-state index contributed by atoms with van der Waals surface area (Å²) >= 11 is 5.83. The maximum atomic E-state index is 12.2. The van der Waals surface area contributed by atoms with E-state index < -0.39 is 0 Å². The molecule has 0 aliphatic heterocycles. The highest BCUT2D eigenvalue weighted by atomic mass is 35.5. The molecule has 2 N–H and O–H groups in total. The van der Waals surface area contributed by atoms with Crippen molar-refractivity contribution in [3.05, 3.63) is 70.7 Å². The van der Waals surface area contributed by atoms with Gasteiger partial charge in [-0.15, -0.1) is 10.2 Å². The average molecular weight is 399 g/mol. The van der Waals surface area contributed by atoms with E-state index in [4.69, 9.17) is 21.1 Å². The number of carbonyl (C=O) groups is 1. The van der Waals surface area contributed by atoms with E-state index in [-0.39, 0.29) is 5.91 Å². The number of hydrogen-bond donors (Lipinski definition) is 2. The molecule has 2 aromatic carbocycles. The number of nitrogens with one attached hydrogen (secondary N) is 2. The van der Waals surface area contributed by atoms with Crippen molar-refractivity contribution in [3.8, 4) is 11.5 Å². The first-order valence-electron chi connectivity index (χ1n) is 8.44. The van der Waals surface area contributed by atoms with Crippen molar-refractivity contribution in [2.75, 3.05) is 24.9 Å². The van der Waals surface area contributed by atoms with E-state index in [9.17, 15) is 4.79 Å². The third-order valence-corrected chi connectivity index (χ3v) is 4.19. The van der Waals surface area contributed by atoms with E-state index in [1.54, 1.807) is 50.6 Å². The van der Waals surface area contributed by atoms with Crippen LogP contribution in [0.3, 0.4) is 0 Å². The Balaban J connectivity index is 1.58. The number of aromatic nitrogens is 2. The van der Waals surface area contributed by atoms with Gasteiger partial charge in [-0.05, 0) is 54.1 Å². The van der Waals surface area contributed by atoms with E-state index >= 15 is 0 Å². The highest BCUT2D eigenvalue weighted by Crippen LogP contribution is 2.27. The van der Waals surface area contributed by atoms with Crippen LogP contribution in [0.15, 0.2) is 54.6 Å². The minimum atomic E-state index is -0.281. The number of benzene rings is 2. The number of carbonyl (C=O) groups excluding carboxylic acids is 1. The first kappa shape index (κ1) is 19.4. The van der Waals surface area contributed by atoms with Crippen LogP contribution in [0.25, 0.3) is 0 Å². The van der Waals surface area contributed by atoms with Crippen LogP contribution in [0.5, 0.6) is 11.5 Å². The van der Waals surface area contributed by atoms with Crippen molar-refractivity contribution in [1.82, 2.24) is 10.2 Å². The lowest BCUT2D eigenvalue weighted by molar-refractivity contribution is 0.102. The quantitative estimate of drug-likeness (QED) is 0.625. The van der Waals surface area contributed by atoms with Gasteiger partial charge in [0.05, 0.1) is 14.2 Å². The largest absolute Gasteiger partial charge is 0.493 e. The zero-order chi connectivity index (χ0) is 19.9. The zero-order valence-electron chi connectivity index (χ0n) is 15.4. The molecular weight excluding hydrogens is 380 g/mol. The average Bonchev–Trinajstić information content (AvgIpc) is 2.73. The normalized spacial score (nSPS) is 10.2. The fourth-order valence-corrected chi connectivity index (χ4v) is 2.59. The van der Waals surface area contributed by atoms with Crippen molar-refractivity contribution in [2.24, 2.45) is 0 Å². The van der Waals surface area contributed by atoms with E-state index in [1.807, 2.05) is 18.2 Å². The molecule has 0 spiro atoms. The lowest BCUT2D eigenvalue weighted by Gasteiger charge is -2.10. The van der Waals surface area contributed by atoms with Crippen LogP contribution in [0.4, 0.5) is 11.6 Å². The van der Waals surface area contributed by atoms with Crippen LogP contribution in [-0.2, 0) is 6.54 Å². The molecule has 0 saturated carbocycles. The highest BCUT2D eigenvalue weighted by Gasteiger charge is 2.08. The molecule has 0 atom stereocenters. The van der Waals surface area contributed by atoms with Crippen molar-refractivity contribution < 1.29 is 14.3 Å². The van der Waals surface area contributed by atoms with Gasteiger partial charge >= 0.3 is 0 Å². The predicted octanol–water partition coefficient (Wildman–Crippen LogP) is 4.01. The summed E-state index contributed by atoms with van der Waals surface area (Å²) < 4.78 is 10.5. The first-order valence-corrected chi connectivity index (χ1v) is 8.82. The number of anilines is 2. The highest BCUT2D eigenvalue weighted by molar-refractivity contribution is 6.30. The third-order valence-electron chi connectivity index (χ3n) is 3.93. The van der Waals surface area contributed by atoms with Gasteiger partial charge in [0.15, 0.2) is 17.3 Å². The second kappa shape index (κ2) is 9.05. The van der Waals surface area contributed by atoms with Crippen LogP contribution in [0.2, 0.25) is 5.02 Å². The van der Waals surface area contributed by atoms with Gasteiger partial charge in [-0.25, -0.2) is 0 Å². The lowest BCUT2D eigenvalue weighted by Crippen LogP contribution is -2.13. The van der Waals surface area contributed by atoms with Crippen molar-refractivity contribution in [2.45, 2.75) is 6.54 Å². The molecule has 0 fully saturated rings. The summed E-state index contributed by atoms with van der Waals surface area (Å²) in [5, 5.41) is 14.5. The Hall–Kier alpha value is -3.32. The Kier molecular flexibility index (Phi) is 6.29. The Morgan fingerprint density at radius 1 is 0.929 bits per heavy atom. The molecule has 0 radical (unpaired) electrons. The summed E-state index contributed by atoms with van der Waals surface area (Å²) in [6, 6.07) is 15.7. The molecule has 0 unspecified atom stereocenters. The van der Waals surface area contributed by atoms with Gasteiger partial charge < -0.3 is 20.1 Å². The van der Waals surface area contributed by atoms with Gasteiger partial charge in [0, 0.05) is 17.1 Å². The van der Waals surface area contributed by atoms with Gasteiger partial charge in [0.2, 0.25) is 0 Å². The molecule has 1 heterocycles. The van der Waals surface area contributed by atoms with Crippen LogP contribution in [0.1, 0.15) is 15.9 Å². The molecule has 1 amide bonds. The minimum absolute atomic E-state index is 0.281. The molecule has 3 rings (SSSR count). The standard InChI is InChI=1S/C20H19ClN4O3/c1-27-16-8-3-13(11-17(16)28-2)12-22-18-9-10-19(25-24-18)23-20(26)14-4-6-15(21)7-5-14/h3-11H,12H2,1-2H3,(H,22,24)(H,23,25,26). The van der Waals surface area contributed by atoms with E-state index in [0.717, 1.165) is 5.56 Å². The Labute approximate surface area is 167 Å². The number of hydrogen-bond acceptors (Lipinski definition) is 6. The second-order valence-corrected chi connectivity index (χ2v) is 6.24. The van der Waals surface area contributed by atoms with Gasteiger partial charge in [0.25, 0.3) is 5.91 Å². The summed E-state index contributed by atoms with van der Waals surface area (Å²) in [5.74, 6) is 1.99. The second-order valence-electron chi connectivity index (χ2n) is 5.81. The van der Waals surface area contributed by atoms with Crippen molar-refractivity contribution in [1.29, 1.82) is 0 Å². The fraction of sp³-hybridized carbons (Fsp3) is 0.150. The molecule has 3 aromatic rings. The summed E-state index contributed by atoms with van der Waals surface area (Å²) in [6.45, 7) is 0.533. The molecule has 1 aromatic heterocycles. The Morgan fingerprint density at radius 2 is 1.61 bits per heavy atom. The van der Waals surface area contributed by atoms with Crippen molar-refractivity contribution >= 4 is 29.1 Å². The monoisotopic (exact) mass is 398 g/mol. The molecule has 28 heavy (non-hydrogen) atoms. The lowest BCUT2D eigenvalue weighted by atomic mass is 10.2. The molecule has 8 heteroatoms. The number of rotatable bonds is 7. The maximum Gasteiger partial charge on any atom is 0.256 e. The molecule has 0 bridgehead atoms. The van der Waals surface area contributed by atoms with Crippen LogP contribution in [0, 0.1) is 0 Å². The summed E-state index contributed by atoms with van der Waals surface area (Å²) in [6.07, 6.45) is 0. The van der Waals surface area contributed by atoms with Crippen LogP contribution in [-0.4, -0.2) is 30.3 Å². The van der Waals surface area contributed by atoms with Gasteiger partial charge in [-0.2, -0.15) is 0 Å². The molecule has 0 aliphatic rings. The third kappa shape index (κ3) is 4.89. The molecule has 0 aliphatic carbocycles. The number of halogens is 1. The summed E-state index contributed by atoms with van der Waals surface area (Å²) in [7, 11) is 3.19. The molecule has 0 saturated heterocycles. The number of ether oxygens (including phenoxy) is 2. The van der Waals surface area contributed by atoms with Crippen LogP contribution < -0.4 is 20.1 Å². The molecular formula is C20H19ClN4O3. The van der Waals surface area contributed by atoms with Gasteiger partial charge in [-0.3, -0.25) is 4.79 Å². The number of methoxy groups -OCH3 is 2. The van der Waals surface area contributed by atoms with Crippen LogP contribution >= 0.6 is 11.6 Å². The van der Waals surface area contributed by atoms with Crippen molar-refractivity contribution in [3.63, 3.8) is 0 Å². The Morgan fingerprint density at radius 3 is 2.25 bits per heavy atom. The topological polar surface area (TPSA) is 85.4 Å². The molecule has 7 nitrogen and oxygen atoms in total. The van der Waals surface area contributed by atoms with Gasteiger partial charge in [-0.1, -0.05) is 17.7 Å². The first-order chi connectivity index (χ1) is 13.6. The SMILES string of the molecule is COc1ccc(CNc2ccc(NC(=O)c3ccc(Cl)cc3)nn2)cc1OC. The number of amides is 1. The maximum absolute atomic E-state index is 12.2. The fourth-order valence-electron chi connectivity index (χ4n) is 2.47.